The molecule has 0 aliphatic carbocycles. The number of hydrogen-bond acceptors (Lipinski definition) is 4. The average Bonchev–Trinajstić information content (AvgIpc) is 2.36. The van der Waals surface area contributed by atoms with Crippen molar-refractivity contribution in [2.75, 3.05) is 7.11 Å². The third-order valence-electron chi connectivity index (χ3n) is 2.36. The van der Waals surface area contributed by atoms with Gasteiger partial charge in [0.1, 0.15) is 5.69 Å². The fourth-order valence-corrected chi connectivity index (χ4v) is 1.51. The molecule has 2 rings (SSSR count). The van der Waals surface area contributed by atoms with Gasteiger partial charge in [0.15, 0.2) is 0 Å². The Bertz CT molecular complexity index is 608. The lowest BCUT2D eigenvalue weighted by molar-refractivity contribution is 0.0600. The summed E-state index contributed by atoms with van der Waals surface area (Å²) >= 11 is 0. The number of carbonyl (C=O) groups is 2. The molecule has 17 heavy (non-hydrogen) atoms. The number of esters is 1. The van der Waals surface area contributed by atoms with Crippen LogP contribution in [0.5, 0.6) is 0 Å². The molecule has 0 atom stereocenters. The van der Waals surface area contributed by atoms with Crippen LogP contribution in [-0.2, 0) is 4.74 Å². The topological polar surface area (TPSA) is 82.3 Å². The minimum absolute atomic E-state index is 0.198. The molecule has 2 N–H and O–H groups in total. The van der Waals surface area contributed by atoms with Crippen LogP contribution in [0.2, 0.25) is 0 Å². The summed E-state index contributed by atoms with van der Waals surface area (Å²) in [5, 5.41) is 0.748. The summed E-state index contributed by atoms with van der Waals surface area (Å²) in [6.07, 6.45) is 0. The van der Waals surface area contributed by atoms with Gasteiger partial charge in [-0.3, -0.25) is 4.79 Å². The zero-order valence-corrected chi connectivity index (χ0v) is 9.14. The Labute approximate surface area is 97.2 Å². The molecule has 5 nitrogen and oxygen atoms in total. The number of fused-ring (bicyclic) bond motifs is 1. The Morgan fingerprint density at radius 2 is 2.00 bits per heavy atom. The van der Waals surface area contributed by atoms with E-state index in [1.165, 1.54) is 13.2 Å². The number of benzene rings is 1. The van der Waals surface area contributed by atoms with E-state index in [9.17, 15) is 9.59 Å². The number of nitrogens with two attached hydrogens (primary N) is 1. The lowest BCUT2D eigenvalue weighted by Crippen LogP contribution is -2.12. The Morgan fingerprint density at radius 3 is 2.65 bits per heavy atom. The van der Waals surface area contributed by atoms with Crippen molar-refractivity contribution >= 4 is 22.8 Å². The highest BCUT2D eigenvalue weighted by Crippen LogP contribution is 2.15. The number of methoxy groups -OCH3 is 1. The van der Waals surface area contributed by atoms with E-state index < -0.39 is 11.9 Å². The molecular formula is C12H10N2O3. The SMILES string of the molecule is COC(=O)c1ccc2nc(C(N)=O)ccc2c1. The minimum atomic E-state index is -0.580. The molecule has 0 aliphatic heterocycles. The average molecular weight is 230 g/mol. The van der Waals surface area contributed by atoms with Gasteiger partial charge in [-0.05, 0) is 24.3 Å². The molecule has 1 aromatic carbocycles. The van der Waals surface area contributed by atoms with Crippen LogP contribution in [-0.4, -0.2) is 24.0 Å². The molecule has 0 unspecified atom stereocenters. The first-order valence-electron chi connectivity index (χ1n) is 4.91. The maximum absolute atomic E-state index is 11.3. The van der Waals surface area contributed by atoms with Gasteiger partial charge in [-0.25, -0.2) is 9.78 Å². The second-order valence-electron chi connectivity index (χ2n) is 3.46. The zero-order chi connectivity index (χ0) is 12.4. The van der Waals surface area contributed by atoms with Crippen molar-refractivity contribution in [3.63, 3.8) is 0 Å². The highest BCUT2D eigenvalue weighted by atomic mass is 16.5. The summed E-state index contributed by atoms with van der Waals surface area (Å²) < 4.78 is 4.61. The van der Waals surface area contributed by atoms with Crippen LogP contribution in [0.15, 0.2) is 30.3 Å². The number of carbonyl (C=O) groups excluding carboxylic acids is 2. The number of hydrogen-bond donors (Lipinski definition) is 1. The Hall–Kier alpha value is -2.43. The van der Waals surface area contributed by atoms with Crippen molar-refractivity contribution in [1.29, 1.82) is 0 Å². The first-order chi connectivity index (χ1) is 8.11. The molecule has 1 heterocycles. The second kappa shape index (κ2) is 4.21. The largest absolute Gasteiger partial charge is 0.465 e. The van der Waals surface area contributed by atoms with E-state index in [0.717, 1.165) is 5.39 Å². The molecule has 0 saturated carbocycles. The normalized spacial score (nSPS) is 10.2. The van der Waals surface area contributed by atoms with Crippen LogP contribution in [0, 0.1) is 0 Å². The molecule has 1 aromatic heterocycles. The summed E-state index contributed by atoms with van der Waals surface area (Å²) in [6.45, 7) is 0. The van der Waals surface area contributed by atoms with Gasteiger partial charge in [0.25, 0.3) is 5.91 Å². The molecule has 0 radical (unpaired) electrons. The number of aromatic nitrogens is 1. The number of amides is 1. The smallest absolute Gasteiger partial charge is 0.337 e. The predicted molar refractivity (Wildman–Crippen MR) is 61.6 cm³/mol. The van der Waals surface area contributed by atoms with E-state index in [2.05, 4.69) is 9.72 Å². The number of primary amides is 1. The lowest BCUT2D eigenvalue weighted by Gasteiger charge is -2.02. The van der Waals surface area contributed by atoms with E-state index in [1.54, 1.807) is 24.3 Å². The van der Waals surface area contributed by atoms with E-state index >= 15 is 0 Å². The number of ether oxygens (including phenoxy) is 1. The Kier molecular flexibility index (Phi) is 2.74. The van der Waals surface area contributed by atoms with Crippen LogP contribution in [0.3, 0.4) is 0 Å². The van der Waals surface area contributed by atoms with Crippen molar-refractivity contribution < 1.29 is 14.3 Å². The van der Waals surface area contributed by atoms with E-state index in [4.69, 9.17) is 5.73 Å². The number of nitrogens with zero attached hydrogens (tertiary/aromatic N) is 1. The fourth-order valence-electron chi connectivity index (χ4n) is 1.51. The second-order valence-corrected chi connectivity index (χ2v) is 3.46. The van der Waals surface area contributed by atoms with Crippen molar-refractivity contribution in [2.45, 2.75) is 0 Å². The highest BCUT2D eigenvalue weighted by Gasteiger charge is 2.08. The van der Waals surface area contributed by atoms with Gasteiger partial charge < -0.3 is 10.5 Å². The molecule has 0 fully saturated rings. The third-order valence-corrected chi connectivity index (χ3v) is 2.36. The molecule has 0 spiro atoms. The van der Waals surface area contributed by atoms with Gasteiger partial charge in [-0.15, -0.1) is 0 Å². The lowest BCUT2D eigenvalue weighted by atomic mass is 10.1. The van der Waals surface area contributed by atoms with Crippen LogP contribution >= 0.6 is 0 Å². The van der Waals surface area contributed by atoms with Crippen LogP contribution in [0.4, 0.5) is 0 Å². The molecule has 0 bridgehead atoms. The van der Waals surface area contributed by atoms with Gasteiger partial charge in [0, 0.05) is 5.39 Å². The molecule has 5 heteroatoms. The summed E-state index contributed by atoms with van der Waals surface area (Å²) in [7, 11) is 1.32. The molecule has 1 amide bonds. The first kappa shape index (κ1) is 11.1. The van der Waals surface area contributed by atoms with Crippen molar-refractivity contribution in [3.8, 4) is 0 Å². The summed E-state index contributed by atoms with van der Waals surface area (Å²) in [5.74, 6) is -0.991. The number of rotatable bonds is 2. The fraction of sp³-hybridized carbons (Fsp3) is 0.0833. The van der Waals surface area contributed by atoms with Gasteiger partial charge >= 0.3 is 5.97 Å². The summed E-state index contributed by atoms with van der Waals surface area (Å²) in [6, 6.07) is 8.10. The van der Waals surface area contributed by atoms with E-state index in [-0.39, 0.29) is 5.69 Å². The van der Waals surface area contributed by atoms with E-state index in [0.29, 0.717) is 11.1 Å². The summed E-state index contributed by atoms with van der Waals surface area (Å²) in [4.78, 5) is 26.3. The minimum Gasteiger partial charge on any atom is -0.465 e. The van der Waals surface area contributed by atoms with Crippen LogP contribution < -0.4 is 5.73 Å². The quantitative estimate of drug-likeness (QED) is 0.784. The molecular weight excluding hydrogens is 220 g/mol. The third kappa shape index (κ3) is 2.08. The zero-order valence-electron chi connectivity index (χ0n) is 9.14. The van der Waals surface area contributed by atoms with Gasteiger partial charge in [0.05, 0.1) is 18.2 Å². The van der Waals surface area contributed by atoms with E-state index in [1.807, 2.05) is 0 Å². The van der Waals surface area contributed by atoms with Gasteiger partial charge in [-0.2, -0.15) is 0 Å². The maximum atomic E-state index is 11.3. The maximum Gasteiger partial charge on any atom is 0.337 e. The monoisotopic (exact) mass is 230 g/mol. The molecule has 0 saturated heterocycles. The van der Waals surface area contributed by atoms with Crippen LogP contribution in [0.1, 0.15) is 20.8 Å². The highest BCUT2D eigenvalue weighted by molar-refractivity contribution is 5.97. The van der Waals surface area contributed by atoms with Gasteiger partial charge in [-0.1, -0.05) is 6.07 Å². The van der Waals surface area contributed by atoms with Crippen molar-refractivity contribution in [2.24, 2.45) is 5.73 Å². The predicted octanol–water partition coefficient (Wildman–Crippen LogP) is 1.12. The summed E-state index contributed by atoms with van der Waals surface area (Å²) in [5.41, 5.74) is 6.37. The first-order valence-corrected chi connectivity index (χ1v) is 4.91. The standard InChI is InChI=1S/C12H10N2O3/c1-17-12(16)8-3-4-9-7(6-8)2-5-10(14-9)11(13)15/h2-6H,1H3,(H2,13,15). The van der Waals surface area contributed by atoms with Crippen LogP contribution in [0.25, 0.3) is 10.9 Å². The number of pyridine rings is 1. The Balaban J connectivity index is 2.54. The van der Waals surface area contributed by atoms with Crippen molar-refractivity contribution in [1.82, 2.24) is 4.98 Å². The Morgan fingerprint density at radius 1 is 1.24 bits per heavy atom. The van der Waals surface area contributed by atoms with Crippen molar-refractivity contribution in [3.05, 3.63) is 41.6 Å². The molecule has 2 aromatic rings. The van der Waals surface area contributed by atoms with Gasteiger partial charge in [0.2, 0.25) is 0 Å². The molecule has 0 aliphatic rings. The molecule has 86 valence electrons.